The summed E-state index contributed by atoms with van der Waals surface area (Å²) in [6, 6.07) is 4.34. The summed E-state index contributed by atoms with van der Waals surface area (Å²) in [5.74, 6) is 0. The summed E-state index contributed by atoms with van der Waals surface area (Å²) in [7, 11) is 0. The Kier molecular flexibility index (Phi) is 4.97. The van der Waals surface area contributed by atoms with Crippen LogP contribution in [-0.4, -0.2) is 22.8 Å². The fourth-order valence-corrected chi connectivity index (χ4v) is 1.80. The van der Waals surface area contributed by atoms with E-state index in [1.807, 2.05) is 13.3 Å². The topological polar surface area (TPSA) is 27.1 Å². The summed E-state index contributed by atoms with van der Waals surface area (Å²) in [5, 5.41) is 0. The predicted octanol–water partition coefficient (Wildman–Crippen LogP) is -0.306. The number of halogens is 1. The Morgan fingerprint density at radius 3 is 2.65 bits per heavy atom. The van der Waals surface area contributed by atoms with Crippen molar-refractivity contribution < 1.29 is 17.1 Å². The average Bonchev–Trinajstić information content (AvgIpc) is 2.63. The van der Waals surface area contributed by atoms with Gasteiger partial charge in [-0.1, -0.05) is 0 Å². The van der Waals surface area contributed by atoms with Crippen LogP contribution in [0.3, 0.4) is 0 Å². The lowest BCUT2D eigenvalue weighted by Gasteiger charge is -2.05. The molecular formula is C13H18ClN2O-. The highest BCUT2D eigenvalue weighted by Crippen LogP contribution is 2.18. The molecule has 0 amide bonds. The van der Waals surface area contributed by atoms with Crippen molar-refractivity contribution in [2.75, 3.05) is 13.2 Å². The molecule has 94 valence electrons. The van der Waals surface area contributed by atoms with Gasteiger partial charge in [-0.25, -0.2) is 4.98 Å². The molecule has 2 rings (SSSR count). The minimum atomic E-state index is 0. The van der Waals surface area contributed by atoms with Gasteiger partial charge in [-0.3, -0.25) is 0 Å². The maximum atomic E-state index is 5.36. The first-order chi connectivity index (χ1) is 7.72. The smallest absolute Gasteiger partial charge is 0.0959 e. The molecule has 4 heteroatoms. The quantitative estimate of drug-likeness (QED) is 0.700. The molecule has 0 fully saturated rings. The van der Waals surface area contributed by atoms with Crippen LogP contribution in [0.1, 0.15) is 18.1 Å². The molecule has 0 bridgehead atoms. The number of hydrogen-bond acceptors (Lipinski definition) is 2. The minimum absolute atomic E-state index is 0. The van der Waals surface area contributed by atoms with Crippen LogP contribution in [0, 0.1) is 13.8 Å². The standard InChI is InChI=1S/C13H18N2O.ClH/c1-4-16-6-5-15-9-14-12-7-10(2)11(3)8-13(12)15;/h7-9H,4-6H2,1-3H3;1H/p-1. The van der Waals surface area contributed by atoms with Crippen LogP contribution >= 0.6 is 0 Å². The maximum Gasteiger partial charge on any atom is 0.0959 e. The normalized spacial score (nSPS) is 10.5. The maximum absolute atomic E-state index is 5.36. The lowest BCUT2D eigenvalue weighted by atomic mass is 10.1. The monoisotopic (exact) mass is 253 g/mol. The molecule has 1 heterocycles. The van der Waals surface area contributed by atoms with Gasteiger partial charge in [-0.2, -0.15) is 0 Å². The zero-order valence-electron chi connectivity index (χ0n) is 10.5. The summed E-state index contributed by atoms with van der Waals surface area (Å²) in [4.78, 5) is 4.41. The highest BCUT2D eigenvalue weighted by molar-refractivity contribution is 5.77. The number of benzene rings is 1. The Morgan fingerprint density at radius 1 is 1.24 bits per heavy atom. The summed E-state index contributed by atoms with van der Waals surface area (Å²) in [5.41, 5.74) is 4.87. The molecule has 0 atom stereocenters. The number of imidazole rings is 1. The van der Waals surface area contributed by atoms with Gasteiger partial charge in [0.2, 0.25) is 0 Å². The summed E-state index contributed by atoms with van der Waals surface area (Å²) in [6.07, 6.45) is 1.89. The van der Waals surface area contributed by atoms with Gasteiger partial charge in [0.15, 0.2) is 0 Å². The first kappa shape index (κ1) is 14.0. The SMILES string of the molecule is CCOCCn1cnc2cc(C)c(C)cc21.[Cl-]. The molecule has 17 heavy (non-hydrogen) atoms. The summed E-state index contributed by atoms with van der Waals surface area (Å²) >= 11 is 0. The lowest BCUT2D eigenvalue weighted by Crippen LogP contribution is -3.00. The van der Waals surface area contributed by atoms with Gasteiger partial charge in [0.1, 0.15) is 0 Å². The van der Waals surface area contributed by atoms with Gasteiger partial charge >= 0.3 is 0 Å². The molecular weight excluding hydrogens is 236 g/mol. The molecule has 0 aliphatic heterocycles. The largest absolute Gasteiger partial charge is 1.00 e. The molecule has 0 aliphatic carbocycles. The van der Waals surface area contributed by atoms with Crippen molar-refractivity contribution in [2.45, 2.75) is 27.3 Å². The van der Waals surface area contributed by atoms with Crippen molar-refractivity contribution in [2.24, 2.45) is 0 Å². The van der Waals surface area contributed by atoms with Crippen LogP contribution in [0.2, 0.25) is 0 Å². The molecule has 2 aromatic rings. The van der Waals surface area contributed by atoms with E-state index in [2.05, 4.69) is 35.5 Å². The number of fused-ring (bicyclic) bond motifs is 1. The highest BCUT2D eigenvalue weighted by Gasteiger charge is 2.04. The van der Waals surface area contributed by atoms with E-state index in [1.165, 1.54) is 16.6 Å². The van der Waals surface area contributed by atoms with Gasteiger partial charge < -0.3 is 21.7 Å². The number of ether oxygens (including phenoxy) is 1. The van der Waals surface area contributed by atoms with Gasteiger partial charge in [0.05, 0.1) is 24.0 Å². The van der Waals surface area contributed by atoms with Crippen LogP contribution in [0.25, 0.3) is 11.0 Å². The van der Waals surface area contributed by atoms with E-state index in [1.54, 1.807) is 0 Å². The van der Waals surface area contributed by atoms with Crippen molar-refractivity contribution in [1.29, 1.82) is 0 Å². The molecule has 0 saturated carbocycles. The summed E-state index contributed by atoms with van der Waals surface area (Å²) < 4.78 is 7.51. The molecule has 0 aliphatic rings. The molecule has 0 N–H and O–H groups in total. The van der Waals surface area contributed by atoms with Gasteiger partial charge in [-0.05, 0) is 44.0 Å². The minimum Gasteiger partial charge on any atom is -1.00 e. The van der Waals surface area contributed by atoms with Crippen molar-refractivity contribution in [1.82, 2.24) is 9.55 Å². The van der Waals surface area contributed by atoms with Crippen LogP contribution in [0.5, 0.6) is 0 Å². The average molecular weight is 254 g/mol. The first-order valence-electron chi connectivity index (χ1n) is 5.72. The Bertz CT molecular complexity index is 493. The van der Waals surface area contributed by atoms with E-state index in [4.69, 9.17) is 4.74 Å². The van der Waals surface area contributed by atoms with Gasteiger partial charge in [0.25, 0.3) is 0 Å². The van der Waals surface area contributed by atoms with Crippen molar-refractivity contribution >= 4 is 11.0 Å². The van der Waals surface area contributed by atoms with Crippen LogP contribution in [-0.2, 0) is 11.3 Å². The summed E-state index contributed by atoms with van der Waals surface area (Å²) in [6.45, 7) is 8.65. The fourth-order valence-electron chi connectivity index (χ4n) is 1.80. The van der Waals surface area contributed by atoms with Gasteiger partial charge in [0, 0.05) is 13.2 Å². The van der Waals surface area contributed by atoms with E-state index in [0.717, 1.165) is 25.3 Å². The fraction of sp³-hybridized carbons (Fsp3) is 0.462. The number of aromatic nitrogens is 2. The van der Waals surface area contributed by atoms with Crippen LogP contribution < -0.4 is 12.4 Å². The zero-order chi connectivity index (χ0) is 11.5. The zero-order valence-corrected chi connectivity index (χ0v) is 11.3. The number of aryl methyl sites for hydroxylation is 2. The van der Waals surface area contributed by atoms with E-state index in [0.29, 0.717) is 0 Å². The van der Waals surface area contributed by atoms with E-state index in [-0.39, 0.29) is 12.4 Å². The second kappa shape index (κ2) is 6.03. The molecule has 0 radical (unpaired) electrons. The third kappa shape index (κ3) is 2.99. The molecule has 0 spiro atoms. The number of hydrogen-bond donors (Lipinski definition) is 0. The second-order valence-corrected chi connectivity index (χ2v) is 4.06. The Hall–Kier alpha value is -1.06. The lowest BCUT2D eigenvalue weighted by molar-refractivity contribution is -0.00000434. The third-order valence-corrected chi connectivity index (χ3v) is 2.92. The van der Waals surface area contributed by atoms with E-state index in [9.17, 15) is 0 Å². The van der Waals surface area contributed by atoms with Crippen molar-refractivity contribution in [3.05, 3.63) is 29.6 Å². The molecule has 3 nitrogen and oxygen atoms in total. The Balaban J connectivity index is 0.00000144. The van der Waals surface area contributed by atoms with Crippen LogP contribution in [0.15, 0.2) is 18.5 Å². The van der Waals surface area contributed by atoms with Crippen molar-refractivity contribution in [3.8, 4) is 0 Å². The van der Waals surface area contributed by atoms with Gasteiger partial charge in [-0.15, -0.1) is 0 Å². The highest BCUT2D eigenvalue weighted by atomic mass is 35.5. The number of rotatable bonds is 4. The van der Waals surface area contributed by atoms with Crippen LogP contribution in [0.4, 0.5) is 0 Å². The molecule has 0 unspecified atom stereocenters. The Morgan fingerprint density at radius 2 is 1.94 bits per heavy atom. The Labute approximate surface area is 108 Å². The molecule has 0 saturated heterocycles. The third-order valence-electron chi connectivity index (χ3n) is 2.92. The first-order valence-corrected chi connectivity index (χ1v) is 5.72. The predicted molar refractivity (Wildman–Crippen MR) is 65.7 cm³/mol. The molecule has 1 aromatic heterocycles. The second-order valence-electron chi connectivity index (χ2n) is 4.06. The van der Waals surface area contributed by atoms with E-state index >= 15 is 0 Å². The number of nitrogens with zero attached hydrogens (tertiary/aromatic N) is 2. The molecule has 1 aromatic carbocycles. The van der Waals surface area contributed by atoms with Crippen molar-refractivity contribution in [3.63, 3.8) is 0 Å². The van der Waals surface area contributed by atoms with E-state index < -0.39 is 0 Å².